The predicted molar refractivity (Wildman–Crippen MR) is 101 cm³/mol. The van der Waals surface area contributed by atoms with E-state index in [1.165, 1.54) is 41.4 Å². The van der Waals surface area contributed by atoms with Crippen LogP contribution in [0.2, 0.25) is 0 Å². The molecule has 0 aliphatic heterocycles. The van der Waals surface area contributed by atoms with E-state index in [9.17, 15) is 14.0 Å². The molecular weight excluding hydrogens is 353 g/mol. The SMILES string of the molecule is CC(=O)N(c1nc(/C=C/C(=O)NC2CCCC2)cs1)c1ccccc1F. The molecule has 26 heavy (non-hydrogen) atoms. The molecule has 2 amide bonds. The summed E-state index contributed by atoms with van der Waals surface area (Å²) in [6, 6.07) is 6.31. The molecule has 1 aromatic carbocycles. The van der Waals surface area contributed by atoms with Crippen LogP contribution in [-0.4, -0.2) is 22.8 Å². The van der Waals surface area contributed by atoms with E-state index in [1.807, 2.05) is 0 Å². The van der Waals surface area contributed by atoms with Gasteiger partial charge >= 0.3 is 0 Å². The second kappa shape index (κ2) is 8.23. The second-order valence-electron chi connectivity index (χ2n) is 6.18. The van der Waals surface area contributed by atoms with Crippen molar-refractivity contribution in [1.82, 2.24) is 10.3 Å². The lowest BCUT2D eigenvalue weighted by Gasteiger charge is -2.18. The molecule has 0 unspecified atom stereocenters. The maximum absolute atomic E-state index is 14.1. The van der Waals surface area contributed by atoms with Crippen LogP contribution in [0.4, 0.5) is 15.2 Å². The Morgan fingerprint density at radius 2 is 2.04 bits per heavy atom. The maximum Gasteiger partial charge on any atom is 0.244 e. The van der Waals surface area contributed by atoms with Crippen LogP contribution in [0.3, 0.4) is 0 Å². The molecule has 3 rings (SSSR count). The minimum absolute atomic E-state index is 0.149. The van der Waals surface area contributed by atoms with Gasteiger partial charge in [-0.25, -0.2) is 9.37 Å². The third kappa shape index (κ3) is 4.35. The van der Waals surface area contributed by atoms with E-state index in [0.29, 0.717) is 10.8 Å². The second-order valence-corrected chi connectivity index (χ2v) is 7.02. The Bertz CT molecular complexity index is 828. The Hall–Kier alpha value is -2.54. The number of benzene rings is 1. The molecule has 0 spiro atoms. The number of aromatic nitrogens is 1. The van der Waals surface area contributed by atoms with E-state index in [0.717, 1.165) is 25.7 Å². The van der Waals surface area contributed by atoms with Crippen LogP contribution < -0.4 is 10.2 Å². The molecule has 1 heterocycles. The zero-order chi connectivity index (χ0) is 18.5. The highest BCUT2D eigenvalue weighted by Gasteiger charge is 2.20. The van der Waals surface area contributed by atoms with Gasteiger partial charge in [-0.05, 0) is 31.1 Å². The van der Waals surface area contributed by atoms with Crippen LogP contribution >= 0.6 is 11.3 Å². The van der Waals surface area contributed by atoms with Gasteiger partial charge in [-0.2, -0.15) is 0 Å². The molecule has 0 radical (unpaired) electrons. The Morgan fingerprint density at radius 3 is 2.73 bits per heavy atom. The van der Waals surface area contributed by atoms with E-state index in [-0.39, 0.29) is 23.5 Å². The van der Waals surface area contributed by atoms with E-state index in [2.05, 4.69) is 10.3 Å². The van der Waals surface area contributed by atoms with Crippen molar-refractivity contribution < 1.29 is 14.0 Å². The van der Waals surface area contributed by atoms with E-state index >= 15 is 0 Å². The molecule has 2 aromatic rings. The molecule has 1 N–H and O–H groups in total. The normalized spacial score (nSPS) is 14.7. The third-order valence-electron chi connectivity index (χ3n) is 4.22. The standard InChI is InChI=1S/C19H20FN3O2S/c1-13(24)23(17-9-5-4-8-16(17)20)19-22-15(12-26-19)10-11-18(25)21-14-6-2-3-7-14/h4-5,8-12,14H,2-3,6-7H2,1H3,(H,21,25)/b11-10+. The lowest BCUT2D eigenvalue weighted by molar-refractivity contribution is -0.117. The van der Waals surface area contributed by atoms with Gasteiger partial charge in [-0.1, -0.05) is 25.0 Å². The molecule has 0 saturated heterocycles. The number of carbonyl (C=O) groups excluding carboxylic acids is 2. The number of nitrogens with one attached hydrogen (secondary N) is 1. The monoisotopic (exact) mass is 373 g/mol. The summed E-state index contributed by atoms with van der Waals surface area (Å²) in [6.07, 6.45) is 7.40. The smallest absolute Gasteiger partial charge is 0.244 e. The van der Waals surface area contributed by atoms with Gasteiger partial charge in [-0.3, -0.25) is 14.5 Å². The molecule has 1 aliphatic carbocycles. The average molecular weight is 373 g/mol. The number of halogens is 1. The van der Waals surface area contributed by atoms with Gasteiger partial charge in [-0.15, -0.1) is 11.3 Å². The van der Waals surface area contributed by atoms with Gasteiger partial charge in [0, 0.05) is 24.4 Å². The summed E-state index contributed by atoms with van der Waals surface area (Å²) in [5.41, 5.74) is 0.706. The summed E-state index contributed by atoms with van der Waals surface area (Å²) in [7, 11) is 0. The highest BCUT2D eigenvalue weighted by Crippen LogP contribution is 2.30. The molecule has 136 valence electrons. The molecule has 7 heteroatoms. The highest BCUT2D eigenvalue weighted by molar-refractivity contribution is 7.14. The number of carbonyl (C=O) groups is 2. The van der Waals surface area contributed by atoms with Crippen molar-refractivity contribution in [2.75, 3.05) is 4.90 Å². The van der Waals surface area contributed by atoms with Crippen LogP contribution in [0.5, 0.6) is 0 Å². The minimum atomic E-state index is -0.495. The fourth-order valence-corrected chi connectivity index (χ4v) is 3.82. The summed E-state index contributed by atoms with van der Waals surface area (Å²) in [5, 5.41) is 5.05. The average Bonchev–Trinajstić information content (AvgIpc) is 3.27. The maximum atomic E-state index is 14.1. The number of anilines is 2. The van der Waals surface area contributed by atoms with Crippen molar-refractivity contribution in [2.45, 2.75) is 38.6 Å². The Labute approximate surface area is 155 Å². The minimum Gasteiger partial charge on any atom is -0.350 e. The van der Waals surface area contributed by atoms with Crippen LogP contribution in [0, 0.1) is 5.82 Å². The number of thiazole rings is 1. The van der Waals surface area contributed by atoms with Crippen molar-refractivity contribution in [2.24, 2.45) is 0 Å². The number of rotatable bonds is 5. The third-order valence-corrected chi connectivity index (χ3v) is 5.06. The van der Waals surface area contributed by atoms with Gasteiger partial charge in [0.2, 0.25) is 11.8 Å². The first-order chi connectivity index (χ1) is 12.5. The Balaban J connectivity index is 1.73. The first-order valence-electron chi connectivity index (χ1n) is 8.54. The van der Waals surface area contributed by atoms with Crippen LogP contribution in [-0.2, 0) is 9.59 Å². The van der Waals surface area contributed by atoms with Crippen molar-refractivity contribution in [3.05, 3.63) is 47.2 Å². The zero-order valence-corrected chi connectivity index (χ0v) is 15.3. The van der Waals surface area contributed by atoms with Crippen molar-refractivity contribution in [3.63, 3.8) is 0 Å². The van der Waals surface area contributed by atoms with Gasteiger partial charge in [0.15, 0.2) is 5.13 Å². The first-order valence-corrected chi connectivity index (χ1v) is 9.42. The van der Waals surface area contributed by atoms with Crippen LogP contribution in [0.25, 0.3) is 6.08 Å². The van der Waals surface area contributed by atoms with Gasteiger partial charge in [0.05, 0.1) is 11.4 Å². The van der Waals surface area contributed by atoms with Gasteiger partial charge in [0.1, 0.15) is 5.82 Å². The summed E-state index contributed by atoms with van der Waals surface area (Å²) in [5.74, 6) is -0.978. The Morgan fingerprint density at radius 1 is 1.31 bits per heavy atom. The number of amides is 2. The lowest BCUT2D eigenvalue weighted by atomic mass is 10.2. The number of hydrogen-bond donors (Lipinski definition) is 1. The number of para-hydroxylation sites is 1. The topological polar surface area (TPSA) is 62.3 Å². The summed E-state index contributed by atoms with van der Waals surface area (Å²) in [4.78, 5) is 29.5. The molecule has 0 atom stereocenters. The molecule has 0 bridgehead atoms. The predicted octanol–water partition coefficient (Wildman–Crippen LogP) is 4.04. The fraction of sp³-hybridized carbons (Fsp3) is 0.316. The van der Waals surface area contributed by atoms with Crippen molar-refractivity contribution >= 4 is 40.0 Å². The molecular formula is C19H20FN3O2S. The van der Waals surface area contributed by atoms with Crippen molar-refractivity contribution in [3.8, 4) is 0 Å². The number of nitrogens with zero attached hydrogens (tertiary/aromatic N) is 2. The summed E-state index contributed by atoms with van der Waals surface area (Å²) >= 11 is 1.22. The van der Waals surface area contributed by atoms with E-state index < -0.39 is 5.82 Å². The van der Waals surface area contributed by atoms with Crippen molar-refractivity contribution in [1.29, 1.82) is 0 Å². The zero-order valence-electron chi connectivity index (χ0n) is 14.4. The quantitative estimate of drug-likeness (QED) is 0.805. The van der Waals surface area contributed by atoms with Crippen LogP contribution in [0.1, 0.15) is 38.3 Å². The highest BCUT2D eigenvalue weighted by atomic mass is 32.1. The molecule has 1 aromatic heterocycles. The van der Waals surface area contributed by atoms with Gasteiger partial charge in [0.25, 0.3) is 0 Å². The fourth-order valence-electron chi connectivity index (χ4n) is 2.98. The summed E-state index contributed by atoms with van der Waals surface area (Å²) in [6.45, 7) is 1.36. The van der Waals surface area contributed by atoms with Crippen LogP contribution in [0.15, 0.2) is 35.7 Å². The van der Waals surface area contributed by atoms with E-state index in [4.69, 9.17) is 0 Å². The number of hydrogen-bond acceptors (Lipinski definition) is 4. The summed E-state index contributed by atoms with van der Waals surface area (Å²) < 4.78 is 14.1. The molecule has 1 fully saturated rings. The van der Waals surface area contributed by atoms with Gasteiger partial charge < -0.3 is 5.32 Å². The lowest BCUT2D eigenvalue weighted by Crippen LogP contribution is -2.30. The molecule has 1 aliphatic rings. The largest absolute Gasteiger partial charge is 0.350 e. The van der Waals surface area contributed by atoms with E-state index in [1.54, 1.807) is 23.6 Å². The Kier molecular flexibility index (Phi) is 5.78. The molecule has 5 nitrogen and oxygen atoms in total. The molecule has 1 saturated carbocycles. The first kappa shape index (κ1) is 18.3.